The maximum absolute atomic E-state index is 5.35. The maximum atomic E-state index is 5.35. The van der Waals surface area contributed by atoms with E-state index in [9.17, 15) is 0 Å². The Labute approximate surface area is 106 Å². The van der Waals surface area contributed by atoms with E-state index in [0.717, 1.165) is 25.8 Å². The van der Waals surface area contributed by atoms with Crippen LogP contribution in [0, 0.1) is 3.82 Å². The van der Waals surface area contributed by atoms with Gasteiger partial charge in [0.2, 0.25) is 0 Å². The van der Waals surface area contributed by atoms with Gasteiger partial charge in [0, 0.05) is 11.6 Å². The molecule has 1 heterocycles. The molecule has 2 nitrogen and oxygen atoms in total. The van der Waals surface area contributed by atoms with Gasteiger partial charge in [-0.3, -0.25) is 0 Å². The number of methoxy groups -OCH3 is 2. The standard InChI is InChI=1S/C11H10O2S3/c1-12-7-3-4-8(9(5-7)13-2)10-6-11(14)16-15-10/h3-6H,1-2H3. The highest BCUT2D eigenvalue weighted by atomic mass is 32.9. The lowest BCUT2D eigenvalue weighted by molar-refractivity contribution is 0.395. The molecule has 0 saturated heterocycles. The van der Waals surface area contributed by atoms with Gasteiger partial charge in [-0.05, 0) is 18.2 Å². The zero-order valence-electron chi connectivity index (χ0n) is 8.85. The van der Waals surface area contributed by atoms with Gasteiger partial charge >= 0.3 is 0 Å². The van der Waals surface area contributed by atoms with Gasteiger partial charge in [-0.2, -0.15) is 0 Å². The van der Waals surface area contributed by atoms with E-state index >= 15 is 0 Å². The summed E-state index contributed by atoms with van der Waals surface area (Å²) in [4.78, 5) is 1.13. The second kappa shape index (κ2) is 4.95. The molecule has 0 bridgehead atoms. The predicted molar refractivity (Wildman–Crippen MR) is 71.6 cm³/mol. The molecular formula is C11H10O2S3. The zero-order valence-corrected chi connectivity index (χ0v) is 11.3. The van der Waals surface area contributed by atoms with Crippen molar-refractivity contribution >= 4 is 32.9 Å². The van der Waals surface area contributed by atoms with Crippen LogP contribution in [0.1, 0.15) is 0 Å². The van der Waals surface area contributed by atoms with Crippen LogP contribution in [0.3, 0.4) is 0 Å². The van der Waals surface area contributed by atoms with Crippen molar-refractivity contribution in [1.82, 2.24) is 0 Å². The average Bonchev–Trinajstić information content (AvgIpc) is 2.74. The van der Waals surface area contributed by atoms with Crippen molar-refractivity contribution in [2.75, 3.05) is 14.2 Å². The smallest absolute Gasteiger partial charge is 0.131 e. The molecule has 2 aromatic rings. The van der Waals surface area contributed by atoms with E-state index in [4.69, 9.17) is 21.7 Å². The topological polar surface area (TPSA) is 18.5 Å². The summed E-state index contributed by atoms with van der Waals surface area (Å²) in [5.74, 6) is 1.60. The first-order valence-corrected chi connectivity index (χ1v) is 7.13. The summed E-state index contributed by atoms with van der Waals surface area (Å²) in [6, 6.07) is 7.79. The highest BCUT2D eigenvalue weighted by molar-refractivity contribution is 7.80. The summed E-state index contributed by atoms with van der Waals surface area (Å²) in [5.41, 5.74) is 1.06. The van der Waals surface area contributed by atoms with Crippen molar-refractivity contribution in [3.63, 3.8) is 0 Å². The van der Waals surface area contributed by atoms with Gasteiger partial charge in [0.05, 0.1) is 19.1 Å². The molecule has 0 saturated carbocycles. The van der Waals surface area contributed by atoms with Crippen LogP contribution >= 0.6 is 32.9 Å². The Morgan fingerprint density at radius 1 is 1.06 bits per heavy atom. The molecule has 0 aliphatic carbocycles. The maximum Gasteiger partial charge on any atom is 0.131 e. The molecule has 16 heavy (non-hydrogen) atoms. The van der Waals surface area contributed by atoms with E-state index in [1.54, 1.807) is 34.9 Å². The summed E-state index contributed by atoms with van der Waals surface area (Å²) in [6.45, 7) is 0. The molecule has 0 amide bonds. The normalized spacial score (nSPS) is 10.1. The van der Waals surface area contributed by atoms with Gasteiger partial charge in [-0.15, -0.1) is 0 Å². The lowest BCUT2D eigenvalue weighted by Crippen LogP contribution is -1.89. The van der Waals surface area contributed by atoms with Crippen LogP contribution in [0.2, 0.25) is 0 Å². The first-order valence-electron chi connectivity index (χ1n) is 4.57. The predicted octanol–water partition coefficient (Wildman–Crippen LogP) is 4.22. The van der Waals surface area contributed by atoms with Crippen LogP contribution in [0.4, 0.5) is 0 Å². The third-order valence-corrected chi connectivity index (χ3v) is 5.03. The Bertz CT molecular complexity index is 542. The Morgan fingerprint density at radius 2 is 1.88 bits per heavy atom. The van der Waals surface area contributed by atoms with Crippen molar-refractivity contribution in [1.29, 1.82) is 0 Å². The third-order valence-electron chi connectivity index (χ3n) is 2.14. The van der Waals surface area contributed by atoms with Crippen LogP contribution in [0.25, 0.3) is 10.4 Å². The highest BCUT2D eigenvalue weighted by Crippen LogP contribution is 2.37. The van der Waals surface area contributed by atoms with E-state index in [1.165, 1.54) is 0 Å². The van der Waals surface area contributed by atoms with Gasteiger partial charge in [0.1, 0.15) is 15.3 Å². The van der Waals surface area contributed by atoms with Gasteiger partial charge < -0.3 is 9.47 Å². The van der Waals surface area contributed by atoms with E-state index in [0.29, 0.717) is 0 Å². The molecule has 0 atom stereocenters. The van der Waals surface area contributed by atoms with Crippen LogP contribution < -0.4 is 9.47 Å². The molecule has 84 valence electrons. The van der Waals surface area contributed by atoms with Crippen molar-refractivity contribution in [2.45, 2.75) is 0 Å². The molecule has 0 radical (unpaired) electrons. The van der Waals surface area contributed by atoms with Gasteiger partial charge in [0.25, 0.3) is 0 Å². The van der Waals surface area contributed by atoms with Crippen LogP contribution in [-0.2, 0) is 0 Å². The Kier molecular flexibility index (Phi) is 3.58. The molecule has 2 rings (SSSR count). The Morgan fingerprint density at radius 3 is 2.44 bits per heavy atom. The molecule has 0 N–H and O–H groups in total. The zero-order chi connectivity index (χ0) is 11.5. The molecule has 0 aliphatic heterocycles. The van der Waals surface area contributed by atoms with Crippen molar-refractivity contribution in [3.05, 3.63) is 28.1 Å². The summed E-state index contributed by atoms with van der Waals surface area (Å²) in [6.07, 6.45) is 0. The molecule has 0 fully saturated rings. The minimum absolute atomic E-state index is 0.791. The number of hydrogen-bond acceptors (Lipinski definition) is 5. The molecule has 5 heteroatoms. The van der Waals surface area contributed by atoms with E-state index < -0.39 is 0 Å². The second-order valence-electron chi connectivity index (χ2n) is 3.06. The molecule has 0 unspecified atom stereocenters. The van der Waals surface area contributed by atoms with Crippen molar-refractivity contribution < 1.29 is 9.47 Å². The summed E-state index contributed by atoms with van der Waals surface area (Å²) in [7, 11) is 6.56. The minimum atomic E-state index is 0.791. The fourth-order valence-electron chi connectivity index (χ4n) is 1.37. The first kappa shape index (κ1) is 11.6. The lowest BCUT2D eigenvalue weighted by Gasteiger charge is -2.08. The van der Waals surface area contributed by atoms with Crippen LogP contribution in [0.5, 0.6) is 11.5 Å². The van der Waals surface area contributed by atoms with Crippen molar-refractivity contribution in [2.24, 2.45) is 0 Å². The number of rotatable bonds is 3. The molecule has 0 spiro atoms. The molecular weight excluding hydrogens is 260 g/mol. The van der Waals surface area contributed by atoms with E-state index in [1.807, 2.05) is 24.3 Å². The SMILES string of the molecule is COc1ccc(-c2cc(=S)ss2)c(OC)c1. The summed E-state index contributed by atoms with van der Waals surface area (Å²) in [5, 5.41) is 0. The van der Waals surface area contributed by atoms with Crippen LogP contribution in [-0.4, -0.2) is 14.2 Å². The summed E-state index contributed by atoms with van der Waals surface area (Å²) < 4.78 is 11.4. The monoisotopic (exact) mass is 270 g/mol. The van der Waals surface area contributed by atoms with Gasteiger partial charge in [-0.25, -0.2) is 0 Å². The van der Waals surface area contributed by atoms with Gasteiger partial charge in [-0.1, -0.05) is 32.9 Å². The Balaban J connectivity index is 2.52. The highest BCUT2D eigenvalue weighted by Gasteiger charge is 2.08. The fraction of sp³-hybridized carbons (Fsp3) is 0.182. The quantitative estimate of drug-likeness (QED) is 0.614. The van der Waals surface area contributed by atoms with E-state index in [-0.39, 0.29) is 0 Å². The van der Waals surface area contributed by atoms with Crippen molar-refractivity contribution in [3.8, 4) is 21.9 Å². The minimum Gasteiger partial charge on any atom is -0.497 e. The largest absolute Gasteiger partial charge is 0.497 e. The fourth-order valence-corrected chi connectivity index (χ4v) is 3.78. The number of benzene rings is 1. The Hall–Kier alpha value is -0.910. The molecule has 1 aromatic carbocycles. The van der Waals surface area contributed by atoms with E-state index in [2.05, 4.69) is 0 Å². The molecule has 1 aromatic heterocycles. The molecule has 0 aliphatic rings. The van der Waals surface area contributed by atoms with Crippen LogP contribution in [0.15, 0.2) is 24.3 Å². The summed E-state index contributed by atoms with van der Waals surface area (Å²) >= 11 is 5.12. The third kappa shape index (κ3) is 2.26. The first-order chi connectivity index (χ1) is 7.74. The number of ether oxygens (including phenoxy) is 2. The number of hydrogen-bond donors (Lipinski definition) is 0. The van der Waals surface area contributed by atoms with Gasteiger partial charge in [0.15, 0.2) is 0 Å². The lowest BCUT2D eigenvalue weighted by atomic mass is 10.1. The average molecular weight is 270 g/mol. The second-order valence-corrected chi connectivity index (χ2v) is 5.97.